The number of hydrogen-bond acceptors (Lipinski definition) is 3. The molecular formula is C3H12OS2Si. The molecule has 1 unspecified atom stereocenters. The fourth-order valence-corrected chi connectivity index (χ4v) is 0.173. The van der Waals surface area contributed by atoms with E-state index in [1.54, 1.807) is 0 Å². The van der Waals surface area contributed by atoms with Crippen molar-refractivity contribution < 1.29 is 5.11 Å². The van der Waals surface area contributed by atoms with Crippen LogP contribution in [0.1, 0.15) is 0 Å². The van der Waals surface area contributed by atoms with Gasteiger partial charge >= 0.3 is 0 Å². The Bertz CT molecular complexity index is 32.1. The van der Waals surface area contributed by atoms with Gasteiger partial charge in [0.25, 0.3) is 0 Å². The van der Waals surface area contributed by atoms with Crippen molar-refractivity contribution in [2.24, 2.45) is 0 Å². The molecule has 0 aliphatic heterocycles. The highest BCUT2D eigenvalue weighted by Crippen LogP contribution is 1.93. The predicted octanol–water partition coefficient (Wildman–Crippen LogP) is -1.24. The van der Waals surface area contributed by atoms with Crippen LogP contribution in [0.2, 0.25) is 0 Å². The lowest BCUT2D eigenvalue weighted by Gasteiger charge is -1.96. The van der Waals surface area contributed by atoms with Gasteiger partial charge in [-0.3, -0.25) is 0 Å². The van der Waals surface area contributed by atoms with E-state index in [2.05, 4.69) is 25.3 Å². The summed E-state index contributed by atoms with van der Waals surface area (Å²) in [6.07, 6.45) is 0. The lowest BCUT2D eigenvalue weighted by Crippen LogP contribution is -2.04. The summed E-state index contributed by atoms with van der Waals surface area (Å²) < 4.78 is 0. The van der Waals surface area contributed by atoms with E-state index in [9.17, 15) is 0 Å². The maximum absolute atomic E-state index is 8.21. The van der Waals surface area contributed by atoms with Crippen LogP contribution in [0, 0.1) is 0 Å². The van der Waals surface area contributed by atoms with E-state index >= 15 is 0 Å². The van der Waals surface area contributed by atoms with Gasteiger partial charge in [-0.1, -0.05) is 0 Å². The largest absolute Gasteiger partial charge is 0.395 e. The Morgan fingerprint density at radius 1 is 1.57 bits per heavy atom. The first-order valence-electron chi connectivity index (χ1n) is 1.71. The molecule has 7 heavy (non-hydrogen) atoms. The van der Waals surface area contributed by atoms with Crippen LogP contribution in [-0.2, 0) is 0 Å². The van der Waals surface area contributed by atoms with Crippen molar-refractivity contribution >= 4 is 36.2 Å². The average Bonchev–Trinajstić information content (AvgIpc) is 1.65. The molecule has 0 aromatic heterocycles. The van der Waals surface area contributed by atoms with E-state index < -0.39 is 0 Å². The highest BCUT2D eigenvalue weighted by molar-refractivity contribution is 7.84. The number of aliphatic hydroxyl groups is 1. The Balaban J connectivity index is 0. The molecule has 0 saturated heterocycles. The van der Waals surface area contributed by atoms with E-state index in [1.807, 2.05) is 0 Å². The molecule has 0 aromatic rings. The molecule has 0 saturated carbocycles. The second-order valence-electron chi connectivity index (χ2n) is 1.02. The van der Waals surface area contributed by atoms with Crippen LogP contribution in [0.15, 0.2) is 0 Å². The summed E-state index contributed by atoms with van der Waals surface area (Å²) in [6.45, 7) is 0.118. The quantitative estimate of drug-likeness (QED) is 0.337. The molecule has 0 spiro atoms. The van der Waals surface area contributed by atoms with Crippen molar-refractivity contribution in [2.45, 2.75) is 5.25 Å². The Morgan fingerprint density at radius 3 is 2.00 bits per heavy atom. The Hall–Kier alpha value is 0.877. The zero-order chi connectivity index (χ0) is 4.99. The first-order valence-corrected chi connectivity index (χ1v) is 2.86. The molecule has 0 heterocycles. The average molecular weight is 156 g/mol. The van der Waals surface area contributed by atoms with Crippen LogP contribution in [0.3, 0.4) is 0 Å². The van der Waals surface area contributed by atoms with Crippen molar-refractivity contribution in [2.75, 3.05) is 12.4 Å². The number of thiol groups is 2. The number of aliphatic hydroxyl groups excluding tert-OH is 1. The van der Waals surface area contributed by atoms with Gasteiger partial charge in [-0.2, -0.15) is 25.3 Å². The Labute approximate surface area is 59.3 Å². The predicted molar refractivity (Wildman–Crippen MR) is 45.0 cm³/mol. The van der Waals surface area contributed by atoms with Crippen molar-refractivity contribution in [3.05, 3.63) is 0 Å². The van der Waals surface area contributed by atoms with Crippen molar-refractivity contribution in [3.63, 3.8) is 0 Å². The Morgan fingerprint density at radius 2 is 2.00 bits per heavy atom. The summed E-state index contributed by atoms with van der Waals surface area (Å²) in [7, 11) is 0. The van der Waals surface area contributed by atoms with Gasteiger partial charge in [0.1, 0.15) is 0 Å². The van der Waals surface area contributed by atoms with Crippen molar-refractivity contribution in [1.82, 2.24) is 0 Å². The molecule has 0 fully saturated rings. The van der Waals surface area contributed by atoms with Crippen LogP contribution in [0.5, 0.6) is 0 Å². The van der Waals surface area contributed by atoms with Gasteiger partial charge < -0.3 is 5.11 Å². The summed E-state index contributed by atoms with van der Waals surface area (Å²) in [5.74, 6) is 0.639. The first kappa shape index (κ1) is 10.8. The molecule has 1 nitrogen and oxygen atoms in total. The first-order chi connectivity index (χ1) is 2.81. The summed E-state index contributed by atoms with van der Waals surface area (Å²) in [4.78, 5) is 0. The summed E-state index contributed by atoms with van der Waals surface area (Å²) in [5, 5.41) is 8.26. The van der Waals surface area contributed by atoms with E-state index in [1.165, 1.54) is 0 Å². The monoisotopic (exact) mass is 156 g/mol. The number of rotatable bonds is 2. The Kier molecular flexibility index (Phi) is 10.6. The maximum atomic E-state index is 8.21. The second kappa shape index (κ2) is 6.88. The zero-order valence-corrected chi connectivity index (χ0v) is 5.12. The van der Waals surface area contributed by atoms with Crippen LogP contribution in [-0.4, -0.2) is 33.7 Å². The standard InChI is InChI=1S/C3H8OS2.H4Si/c4-1-3(6)2-5;/h3-6H,1-2H2;1H4. The van der Waals surface area contributed by atoms with Crippen molar-refractivity contribution in [3.8, 4) is 0 Å². The van der Waals surface area contributed by atoms with Crippen LogP contribution in [0.25, 0.3) is 0 Å². The molecule has 0 aliphatic carbocycles. The fourth-order valence-electron chi connectivity index (χ4n) is 0.0577. The third-order valence-electron chi connectivity index (χ3n) is 0.421. The van der Waals surface area contributed by atoms with E-state index in [-0.39, 0.29) is 22.8 Å². The van der Waals surface area contributed by atoms with Crippen LogP contribution < -0.4 is 0 Å². The van der Waals surface area contributed by atoms with Gasteiger partial charge in [0, 0.05) is 11.0 Å². The van der Waals surface area contributed by atoms with Crippen LogP contribution in [0.4, 0.5) is 0 Å². The topological polar surface area (TPSA) is 20.2 Å². The van der Waals surface area contributed by atoms with E-state index in [0.29, 0.717) is 5.75 Å². The second-order valence-corrected chi connectivity index (χ2v) is 2.11. The van der Waals surface area contributed by atoms with Gasteiger partial charge in [0.05, 0.1) is 6.61 Å². The lowest BCUT2D eigenvalue weighted by atomic mass is 10.5. The summed E-state index contributed by atoms with van der Waals surface area (Å²) >= 11 is 7.76. The zero-order valence-electron chi connectivity index (χ0n) is 3.33. The van der Waals surface area contributed by atoms with E-state index in [4.69, 9.17) is 5.11 Å². The molecule has 0 aromatic carbocycles. The van der Waals surface area contributed by atoms with Crippen molar-refractivity contribution in [1.29, 1.82) is 0 Å². The highest BCUT2D eigenvalue weighted by Gasteiger charge is 1.92. The van der Waals surface area contributed by atoms with Gasteiger partial charge in [-0.25, -0.2) is 0 Å². The minimum Gasteiger partial charge on any atom is -0.395 e. The molecule has 46 valence electrons. The van der Waals surface area contributed by atoms with Gasteiger partial charge in [-0.05, 0) is 11.0 Å². The molecule has 0 radical (unpaired) electrons. The third kappa shape index (κ3) is 6.88. The summed E-state index contributed by atoms with van der Waals surface area (Å²) in [6, 6.07) is 0. The fraction of sp³-hybridized carbons (Fsp3) is 1.00. The van der Waals surface area contributed by atoms with E-state index in [0.717, 1.165) is 0 Å². The molecule has 1 atom stereocenters. The molecule has 0 bridgehead atoms. The van der Waals surface area contributed by atoms with Gasteiger partial charge in [0.15, 0.2) is 0 Å². The molecule has 0 rings (SSSR count). The van der Waals surface area contributed by atoms with Gasteiger partial charge in [0.2, 0.25) is 0 Å². The normalized spacial score (nSPS) is 12.4. The lowest BCUT2D eigenvalue weighted by molar-refractivity contribution is 0.302. The summed E-state index contributed by atoms with van der Waals surface area (Å²) in [5.41, 5.74) is 0. The molecule has 1 N–H and O–H groups in total. The minimum absolute atomic E-state index is 0. The molecule has 0 amide bonds. The smallest absolute Gasteiger partial charge is 0.0555 e. The van der Waals surface area contributed by atoms with Gasteiger partial charge in [-0.15, -0.1) is 0 Å². The maximum Gasteiger partial charge on any atom is 0.0555 e. The third-order valence-corrected chi connectivity index (χ3v) is 1.50. The minimum atomic E-state index is 0. The number of hydrogen-bond donors (Lipinski definition) is 3. The SMILES string of the molecule is OCC(S)CS.[SiH4]. The highest BCUT2D eigenvalue weighted by atomic mass is 32.1. The molecule has 4 heteroatoms. The molecule has 0 aliphatic rings. The molecular weight excluding hydrogens is 144 g/mol. The van der Waals surface area contributed by atoms with Crippen LogP contribution >= 0.6 is 25.3 Å².